The molecule has 0 aromatic carbocycles. The number of hydrogen-bond donors (Lipinski definition) is 2. The predicted molar refractivity (Wildman–Crippen MR) is 74.6 cm³/mol. The largest absolute Gasteiger partial charge is 0.396 e. The first kappa shape index (κ1) is 15.2. The molecule has 1 aromatic rings. The van der Waals surface area contributed by atoms with Gasteiger partial charge in [0.1, 0.15) is 5.82 Å². The first-order chi connectivity index (χ1) is 9.10. The molecule has 19 heavy (non-hydrogen) atoms. The Morgan fingerprint density at radius 2 is 2.16 bits per heavy atom. The summed E-state index contributed by atoms with van der Waals surface area (Å²) in [6.07, 6.45) is 2.50. The smallest absolute Gasteiger partial charge is 0.311 e. The van der Waals surface area contributed by atoms with Gasteiger partial charge in [-0.3, -0.25) is 10.1 Å². The fourth-order valence-corrected chi connectivity index (χ4v) is 1.75. The average Bonchev–Trinajstić information content (AvgIpc) is 2.42. The van der Waals surface area contributed by atoms with Crippen molar-refractivity contribution in [2.75, 3.05) is 37.5 Å². The van der Waals surface area contributed by atoms with Crippen molar-refractivity contribution in [2.45, 2.75) is 19.3 Å². The Morgan fingerprint density at radius 3 is 2.74 bits per heavy atom. The van der Waals surface area contributed by atoms with E-state index < -0.39 is 4.92 Å². The van der Waals surface area contributed by atoms with Crippen LogP contribution >= 0.6 is 0 Å². The molecule has 106 valence electrons. The van der Waals surface area contributed by atoms with Crippen LogP contribution < -0.4 is 10.2 Å². The zero-order valence-corrected chi connectivity index (χ0v) is 11.3. The second kappa shape index (κ2) is 7.52. The molecule has 0 radical (unpaired) electrons. The highest BCUT2D eigenvalue weighted by Crippen LogP contribution is 2.26. The SMILES string of the molecule is CNc1ccc([N+](=O)[O-])c(N(C)CCCCCO)n1. The fourth-order valence-electron chi connectivity index (χ4n) is 1.75. The Kier molecular flexibility index (Phi) is 6.01. The topological polar surface area (TPSA) is 91.5 Å². The summed E-state index contributed by atoms with van der Waals surface area (Å²) in [5.74, 6) is 0.962. The molecular weight excluding hydrogens is 248 g/mol. The number of rotatable bonds is 8. The molecule has 7 heteroatoms. The van der Waals surface area contributed by atoms with Gasteiger partial charge in [-0.15, -0.1) is 0 Å². The monoisotopic (exact) mass is 268 g/mol. The molecule has 0 spiro atoms. The van der Waals surface area contributed by atoms with Crippen LogP contribution in [0.2, 0.25) is 0 Å². The Hall–Kier alpha value is -1.89. The number of aromatic nitrogens is 1. The van der Waals surface area contributed by atoms with Gasteiger partial charge in [0, 0.05) is 33.3 Å². The van der Waals surface area contributed by atoms with Crippen molar-refractivity contribution >= 4 is 17.3 Å². The van der Waals surface area contributed by atoms with Crippen molar-refractivity contribution < 1.29 is 10.0 Å². The zero-order valence-electron chi connectivity index (χ0n) is 11.3. The summed E-state index contributed by atoms with van der Waals surface area (Å²) < 4.78 is 0. The van der Waals surface area contributed by atoms with Gasteiger partial charge in [-0.05, 0) is 25.3 Å². The van der Waals surface area contributed by atoms with Gasteiger partial charge in [0.2, 0.25) is 5.82 Å². The third-order valence-electron chi connectivity index (χ3n) is 2.82. The van der Waals surface area contributed by atoms with Crippen LogP contribution in [0.25, 0.3) is 0 Å². The van der Waals surface area contributed by atoms with Crippen LogP contribution in [0.15, 0.2) is 12.1 Å². The zero-order chi connectivity index (χ0) is 14.3. The molecule has 0 aliphatic carbocycles. The molecule has 7 nitrogen and oxygen atoms in total. The summed E-state index contributed by atoms with van der Waals surface area (Å²) in [7, 11) is 3.51. The molecule has 0 unspecified atom stereocenters. The maximum absolute atomic E-state index is 11.0. The van der Waals surface area contributed by atoms with E-state index in [-0.39, 0.29) is 12.3 Å². The number of nitrogens with zero attached hydrogens (tertiary/aromatic N) is 3. The molecule has 0 saturated heterocycles. The highest BCUT2D eigenvalue weighted by Gasteiger charge is 2.19. The molecule has 0 aliphatic rings. The van der Waals surface area contributed by atoms with Crippen LogP contribution in [-0.4, -0.2) is 42.3 Å². The van der Waals surface area contributed by atoms with E-state index in [9.17, 15) is 10.1 Å². The van der Waals surface area contributed by atoms with Gasteiger partial charge in [-0.25, -0.2) is 4.98 Å². The van der Waals surface area contributed by atoms with Crippen molar-refractivity contribution in [1.82, 2.24) is 4.98 Å². The summed E-state index contributed by atoms with van der Waals surface area (Å²) in [6.45, 7) is 0.846. The molecule has 1 rings (SSSR count). The molecular formula is C12H20N4O3. The lowest BCUT2D eigenvalue weighted by molar-refractivity contribution is -0.384. The summed E-state index contributed by atoms with van der Waals surface area (Å²) in [5, 5.41) is 22.6. The first-order valence-corrected chi connectivity index (χ1v) is 6.25. The Morgan fingerprint density at radius 1 is 1.42 bits per heavy atom. The van der Waals surface area contributed by atoms with Crippen LogP contribution in [0, 0.1) is 10.1 Å². The van der Waals surface area contributed by atoms with Crippen LogP contribution in [-0.2, 0) is 0 Å². The Bertz CT molecular complexity index is 425. The van der Waals surface area contributed by atoms with Crippen molar-refractivity contribution in [3.63, 3.8) is 0 Å². The second-order valence-electron chi connectivity index (χ2n) is 4.25. The molecule has 0 saturated carbocycles. The summed E-state index contributed by atoms with van der Waals surface area (Å²) >= 11 is 0. The van der Waals surface area contributed by atoms with Gasteiger partial charge in [0.25, 0.3) is 0 Å². The third-order valence-corrected chi connectivity index (χ3v) is 2.82. The first-order valence-electron chi connectivity index (χ1n) is 6.25. The van der Waals surface area contributed by atoms with E-state index in [2.05, 4.69) is 10.3 Å². The summed E-state index contributed by atoms with van der Waals surface area (Å²) in [6, 6.07) is 3.04. The van der Waals surface area contributed by atoms with E-state index >= 15 is 0 Å². The minimum absolute atomic E-state index is 0.00339. The predicted octanol–water partition coefficient (Wildman–Crippen LogP) is 1.63. The second-order valence-corrected chi connectivity index (χ2v) is 4.25. The average molecular weight is 268 g/mol. The van der Waals surface area contributed by atoms with Gasteiger partial charge in [-0.1, -0.05) is 0 Å². The molecule has 1 heterocycles. The van der Waals surface area contributed by atoms with E-state index in [0.717, 1.165) is 19.3 Å². The number of anilines is 2. The van der Waals surface area contributed by atoms with E-state index in [1.807, 2.05) is 0 Å². The lowest BCUT2D eigenvalue weighted by Gasteiger charge is -2.18. The maximum atomic E-state index is 11.0. The van der Waals surface area contributed by atoms with E-state index in [1.165, 1.54) is 6.07 Å². The van der Waals surface area contributed by atoms with Crippen molar-refractivity contribution in [3.8, 4) is 0 Å². The maximum Gasteiger partial charge on any atom is 0.311 e. The minimum atomic E-state index is -0.425. The van der Waals surface area contributed by atoms with E-state index in [1.54, 1.807) is 25.1 Å². The molecule has 1 aromatic heterocycles. The number of nitro groups is 1. The third kappa shape index (κ3) is 4.36. The van der Waals surface area contributed by atoms with Crippen molar-refractivity contribution in [1.29, 1.82) is 0 Å². The molecule has 0 aliphatic heterocycles. The quantitative estimate of drug-likeness (QED) is 0.423. The lowest BCUT2D eigenvalue weighted by atomic mass is 10.2. The summed E-state index contributed by atoms with van der Waals surface area (Å²) in [4.78, 5) is 16.6. The van der Waals surface area contributed by atoms with Crippen LogP contribution in [0.1, 0.15) is 19.3 Å². The Labute approximate surface area is 112 Å². The standard InChI is InChI=1S/C12H20N4O3/c1-13-11-7-6-10(16(18)19)12(14-11)15(2)8-4-3-5-9-17/h6-7,17H,3-5,8-9H2,1-2H3,(H,13,14). The molecule has 0 bridgehead atoms. The van der Waals surface area contributed by atoms with Gasteiger partial charge in [-0.2, -0.15) is 0 Å². The highest BCUT2D eigenvalue weighted by atomic mass is 16.6. The number of nitrogens with one attached hydrogen (secondary N) is 1. The van der Waals surface area contributed by atoms with Gasteiger partial charge < -0.3 is 15.3 Å². The van der Waals surface area contributed by atoms with E-state index in [4.69, 9.17) is 5.11 Å². The minimum Gasteiger partial charge on any atom is -0.396 e. The van der Waals surface area contributed by atoms with Crippen LogP contribution in [0.3, 0.4) is 0 Å². The van der Waals surface area contributed by atoms with Crippen molar-refractivity contribution in [2.24, 2.45) is 0 Å². The number of aliphatic hydroxyl groups excluding tert-OH is 1. The van der Waals surface area contributed by atoms with Gasteiger partial charge >= 0.3 is 5.69 Å². The normalized spacial score (nSPS) is 10.3. The van der Waals surface area contributed by atoms with Crippen molar-refractivity contribution in [3.05, 3.63) is 22.2 Å². The number of aliphatic hydroxyl groups is 1. The number of unbranched alkanes of at least 4 members (excludes halogenated alkanes) is 2. The van der Waals surface area contributed by atoms with Crippen LogP contribution in [0.5, 0.6) is 0 Å². The molecule has 0 amide bonds. The number of hydrogen-bond acceptors (Lipinski definition) is 6. The van der Waals surface area contributed by atoms with Gasteiger partial charge in [0.05, 0.1) is 4.92 Å². The van der Waals surface area contributed by atoms with E-state index in [0.29, 0.717) is 18.2 Å². The summed E-state index contributed by atoms with van der Waals surface area (Å²) in [5.41, 5.74) is 0.00339. The fraction of sp³-hybridized carbons (Fsp3) is 0.583. The lowest BCUT2D eigenvalue weighted by Crippen LogP contribution is -2.21. The van der Waals surface area contributed by atoms with Gasteiger partial charge in [0.15, 0.2) is 0 Å². The molecule has 0 fully saturated rings. The molecule has 2 N–H and O–H groups in total. The molecule has 0 atom stereocenters. The van der Waals surface area contributed by atoms with Crippen LogP contribution in [0.4, 0.5) is 17.3 Å². The Balaban J connectivity index is 2.80. The number of pyridine rings is 1. The highest BCUT2D eigenvalue weighted by molar-refractivity contribution is 5.61.